The van der Waals surface area contributed by atoms with Gasteiger partial charge in [0.25, 0.3) is 0 Å². The summed E-state index contributed by atoms with van der Waals surface area (Å²) in [6.07, 6.45) is 0.564. The van der Waals surface area contributed by atoms with Gasteiger partial charge in [-0.15, -0.1) is 0 Å². The number of rotatable bonds is 1. The van der Waals surface area contributed by atoms with E-state index in [1.165, 1.54) is 12.7 Å². The first-order valence-electron chi connectivity index (χ1n) is 5.51. The van der Waals surface area contributed by atoms with Gasteiger partial charge in [-0.05, 0) is 0 Å². The SMILES string of the molecule is Clc1ncnc2nc[nH]c12.OC[C@H]1OC[C@H](O)[C@@H]1O. The molecule has 0 amide bonds. The van der Waals surface area contributed by atoms with Crippen molar-refractivity contribution in [2.45, 2.75) is 18.3 Å². The monoisotopic (exact) mass is 288 g/mol. The highest BCUT2D eigenvalue weighted by Crippen LogP contribution is 2.13. The number of nitrogens with zero attached hydrogens (tertiary/aromatic N) is 3. The average molecular weight is 289 g/mol. The first kappa shape index (κ1) is 14.1. The summed E-state index contributed by atoms with van der Waals surface area (Å²) < 4.78 is 4.78. The fourth-order valence-corrected chi connectivity index (χ4v) is 1.75. The Hall–Kier alpha value is -1.32. The van der Waals surface area contributed by atoms with Gasteiger partial charge >= 0.3 is 0 Å². The van der Waals surface area contributed by atoms with E-state index in [1.807, 2.05) is 0 Å². The molecule has 0 spiro atoms. The van der Waals surface area contributed by atoms with Gasteiger partial charge in [0.2, 0.25) is 0 Å². The Morgan fingerprint density at radius 3 is 2.68 bits per heavy atom. The molecule has 0 aromatic carbocycles. The molecule has 3 rings (SSSR count). The molecule has 104 valence electrons. The molecule has 1 fully saturated rings. The Labute approximate surface area is 113 Å². The molecule has 2 aromatic heterocycles. The average Bonchev–Trinajstić information content (AvgIpc) is 3.00. The number of aliphatic hydroxyl groups is 3. The second kappa shape index (κ2) is 6.22. The summed E-state index contributed by atoms with van der Waals surface area (Å²) in [6, 6.07) is 0. The van der Waals surface area contributed by atoms with Crippen LogP contribution >= 0.6 is 11.6 Å². The van der Waals surface area contributed by atoms with E-state index in [9.17, 15) is 0 Å². The predicted octanol–water partition coefficient (Wildman–Crippen LogP) is -0.894. The molecule has 0 radical (unpaired) electrons. The predicted molar refractivity (Wildman–Crippen MR) is 65.5 cm³/mol. The lowest BCUT2D eigenvalue weighted by molar-refractivity contribution is -0.00588. The highest BCUT2D eigenvalue weighted by atomic mass is 35.5. The van der Waals surface area contributed by atoms with Crippen LogP contribution in [-0.2, 0) is 4.74 Å². The van der Waals surface area contributed by atoms with Crippen LogP contribution in [0.2, 0.25) is 5.15 Å². The zero-order valence-electron chi connectivity index (χ0n) is 9.77. The number of aliphatic hydroxyl groups excluding tert-OH is 3. The molecule has 1 aliphatic rings. The largest absolute Gasteiger partial charge is 0.394 e. The minimum atomic E-state index is -0.921. The first-order chi connectivity index (χ1) is 9.13. The summed E-state index contributed by atoms with van der Waals surface area (Å²) >= 11 is 5.68. The maximum absolute atomic E-state index is 8.92. The van der Waals surface area contributed by atoms with Gasteiger partial charge in [-0.25, -0.2) is 15.0 Å². The topological polar surface area (TPSA) is 124 Å². The Morgan fingerprint density at radius 2 is 2.16 bits per heavy atom. The van der Waals surface area contributed by atoms with Crippen LogP contribution in [0.1, 0.15) is 0 Å². The van der Waals surface area contributed by atoms with E-state index in [-0.39, 0.29) is 13.2 Å². The van der Waals surface area contributed by atoms with Crippen LogP contribution in [-0.4, -0.2) is 66.8 Å². The van der Waals surface area contributed by atoms with Crippen molar-refractivity contribution in [3.8, 4) is 0 Å². The third-order valence-electron chi connectivity index (χ3n) is 2.61. The number of fused-ring (bicyclic) bond motifs is 1. The quantitative estimate of drug-likeness (QED) is 0.502. The zero-order valence-corrected chi connectivity index (χ0v) is 10.5. The lowest BCUT2D eigenvalue weighted by atomic mass is 10.2. The molecule has 3 heterocycles. The van der Waals surface area contributed by atoms with Crippen molar-refractivity contribution in [3.63, 3.8) is 0 Å². The van der Waals surface area contributed by atoms with Gasteiger partial charge in [0, 0.05) is 0 Å². The van der Waals surface area contributed by atoms with Crippen molar-refractivity contribution in [2.75, 3.05) is 13.2 Å². The van der Waals surface area contributed by atoms with E-state index in [1.54, 1.807) is 0 Å². The van der Waals surface area contributed by atoms with Crippen molar-refractivity contribution in [3.05, 3.63) is 17.8 Å². The smallest absolute Gasteiger partial charge is 0.182 e. The lowest BCUT2D eigenvalue weighted by Gasteiger charge is -2.10. The molecule has 4 N–H and O–H groups in total. The van der Waals surface area contributed by atoms with Gasteiger partial charge in [0.1, 0.15) is 30.2 Å². The minimum Gasteiger partial charge on any atom is -0.394 e. The Bertz CT molecular complexity index is 537. The van der Waals surface area contributed by atoms with Crippen LogP contribution in [0.15, 0.2) is 12.7 Å². The second-order valence-corrected chi connectivity index (χ2v) is 4.24. The molecule has 19 heavy (non-hydrogen) atoms. The number of aromatic nitrogens is 4. The standard InChI is InChI=1S/C5H3ClN4.C5H10O4/c6-4-3-5(9-1-7-3)10-2-8-4;6-1-4-5(8)3(7)2-9-4/h1-2H,(H,7,8,9,10);3-8H,1-2H2/t;3-,4+,5-/m.0/s1. The fourth-order valence-electron chi connectivity index (χ4n) is 1.56. The fraction of sp³-hybridized carbons (Fsp3) is 0.500. The Balaban J connectivity index is 0.000000141. The molecule has 8 nitrogen and oxygen atoms in total. The van der Waals surface area contributed by atoms with Gasteiger partial charge in [0.15, 0.2) is 10.8 Å². The van der Waals surface area contributed by atoms with Crippen LogP contribution in [0.3, 0.4) is 0 Å². The van der Waals surface area contributed by atoms with Crippen molar-refractivity contribution in [1.82, 2.24) is 19.9 Å². The van der Waals surface area contributed by atoms with Gasteiger partial charge in [-0.3, -0.25) is 0 Å². The number of ether oxygens (including phenoxy) is 1. The van der Waals surface area contributed by atoms with Crippen LogP contribution in [0.4, 0.5) is 0 Å². The van der Waals surface area contributed by atoms with E-state index >= 15 is 0 Å². The molecule has 3 atom stereocenters. The van der Waals surface area contributed by atoms with Crippen molar-refractivity contribution < 1.29 is 20.1 Å². The molecule has 1 aliphatic heterocycles. The van der Waals surface area contributed by atoms with Crippen LogP contribution in [0, 0.1) is 0 Å². The van der Waals surface area contributed by atoms with Crippen molar-refractivity contribution in [1.29, 1.82) is 0 Å². The third-order valence-corrected chi connectivity index (χ3v) is 2.90. The van der Waals surface area contributed by atoms with Gasteiger partial charge in [0.05, 0.1) is 19.5 Å². The van der Waals surface area contributed by atoms with Gasteiger partial charge < -0.3 is 25.0 Å². The zero-order chi connectivity index (χ0) is 13.8. The first-order valence-corrected chi connectivity index (χ1v) is 5.89. The highest BCUT2D eigenvalue weighted by Gasteiger charge is 2.33. The normalized spacial score (nSPS) is 26.2. The molecular weight excluding hydrogens is 276 g/mol. The van der Waals surface area contributed by atoms with E-state index in [0.29, 0.717) is 16.3 Å². The van der Waals surface area contributed by atoms with Crippen LogP contribution in [0.5, 0.6) is 0 Å². The third kappa shape index (κ3) is 3.17. The van der Waals surface area contributed by atoms with Crippen molar-refractivity contribution >= 4 is 22.8 Å². The van der Waals surface area contributed by atoms with E-state index in [0.717, 1.165) is 0 Å². The number of nitrogens with one attached hydrogen (secondary N) is 1. The second-order valence-electron chi connectivity index (χ2n) is 3.88. The van der Waals surface area contributed by atoms with Crippen LogP contribution < -0.4 is 0 Å². The lowest BCUT2D eigenvalue weighted by Crippen LogP contribution is -2.31. The maximum atomic E-state index is 8.92. The molecule has 9 heteroatoms. The Kier molecular flexibility index (Phi) is 4.61. The van der Waals surface area contributed by atoms with E-state index in [2.05, 4.69) is 19.9 Å². The molecular formula is C10H13ClN4O4. The Morgan fingerprint density at radius 1 is 1.37 bits per heavy atom. The number of aromatic amines is 1. The maximum Gasteiger partial charge on any atom is 0.182 e. The number of hydrogen-bond donors (Lipinski definition) is 4. The summed E-state index contributed by atoms with van der Waals surface area (Å²) in [5.74, 6) is 0. The summed E-state index contributed by atoms with van der Waals surface area (Å²) in [7, 11) is 0. The number of H-pyrrole nitrogens is 1. The molecule has 0 unspecified atom stereocenters. The van der Waals surface area contributed by atoms with E-state index in [4.69, 9.17) is 31.7 Å². The van der Waals surface area contributed by atoms with Crippen LogP contribution in [0.25, 0.3) is 11.2 Å². The number of imidazole rings is 1. The van der Waals surface area contributed by atoms with Crippen molar-refractivity contribution in [2.24, 2.45) is 0 Å². The molecule has 2 aromatic rings. The molecule has 0 aliphatic carbocycles. The minimum absolute atomic E-state index is 0.117. The number of hydrogen-bond acceptors (Lipinski definition) is 7. The summed E-state index contributed by atoms with van der Waals surface area (Å²) in [4.78, 5) is 14.3. The molecule has 0 bridgehead atoms. The molecule has 1 saturated heterocycles. The van der Waals surface area contributed by atoms with Gasteiger partial charge in [-0.1, -0.05) is 11.6 Å². The van der Waals surface area contributed by atoms with Gasteiger partial charge in [-0.2, -0.15) is 0 Å². The van der Waals surface area contributed by atoms with E-state index < -0.39 is 18.3 Å². The number of halogens is 1. The molecule has 0 saturated carbocycles. The highest BCUT2D eigenvalue weighted by molar-refractivity contribution is 6.33. The summed E-state index contributed by atoms with van der Waals surface area (Å²) in [6.45, 7) is -0.120. The summed E-state index contributed by atoms with van der Waals surface area (Å²) in [5, 5.41) is 26.6. The summed E-state index contributed by atoms with van der Waals surface area (Å²) in [5.41, 5.74) is 1.28.